The summed E-state index contributed by atoms with van der Waals surface area (Å²) >= 11 is 1.20. The zero-order valence-corrected chi connectivity index (χ0v) is 17.8. The van der Waals surface area contributed by atoms with Gasteiger partial charge in [-0.1, -0.05) is 5.16 Å². The Bertz CT molecular complexity index is 1120. The SMILES string of the molecule is C[C@@H]1CN(c2c(C=O)cc3c(-c4nc(C(=O)N(C)C)cs4)noc3c2F)C[C@H](C)O1. The number of morpholine rings is 1. The number of ether oxygens (including phenoxy) is 1. The van der Waals surface area contributed by atoms with Crippen LogP contribution in [-0.4, -0.2) is 66.6 Å². The Hall–Kier alpha value is -2.85. The number of hydrogen-bond donors (Lipinski definition) is 0. The van der Waals surface area contributed by atoms with Gasteiger partial charge in [0.15, 0.2) is 17.8 Å². The van der Waals surface area contributed by atoms with Gasteiger partial charge in [-0.05, 0) is 19.9 Å². The summed E-state index contributed by atoms with van der Waals surface area (Å²) in [6, 6.07) is 1.56. The van der Waals surface area contributed by atoms with Crippen molar-refractivity contribution in [1.82, 2.24) is 15.0 Å². The molecule has 1 aromatic carbocycles. The standard InChI is InChI=1S/C20H21FN4O4S/c1-10-6-25(7-11(2)28-10)17-12(8-26)5-13-16(23-29-18(13)15(17)21)19-22-14(9-30-19)20(27)24(3)4/h5,8-11H,6-7H2,1-4H3/t10-,11+. The predicted molar refractivity (Wildman–Crippen MR) is 111 cm³/mol. The lowest BCUT2D eigenvalue weighted by atomic mass is 10.1. The van der Waals surface area contributed by atoms with Crippen LogP contribution >= 0.6 is 11.3 Å². The van der Waals surface area contributed by atoms with Gasteiger partial charge >= 0.3 is 0 Å². The Morgan fingerprint density at radius 1 is 1.33 bits per heavy atom. The maximum atomic E-state index is 15.5. The fourth-order valence-electron chi connectivity index (χ4n) is 3.68. The van der Waals surface area contributed by atoms with Gasteiger partial charge in [0.25, 0.3) is 5.91 Å². The van der Waals surface area contributed by atoms with E-state index in [4.69, 9.17) is 9.26 Å². The molecule has 0 aliphatic carbocycles. The van der Waals surface area contributed by atoms with E-state index in [-0.39, 0.29) is 40.6 Å². The van der Waals surface area contributed by atoms with Crippen LogP contribution < -0.4 is 4.90 Å². The Morgan fingerprint density at radius 3 is 2.67 bits per heavy atom. The maximum absolute atomic E-state index is 15.5. The number of rotatable bonds is 4. The van der Waals surface area contributed by atoms with Crippen molar-refractivity contribution in [1.29, 1.82) is 0 Å². The summed E-state index contributed by atoms with van der Waals surface area (Å²) < 4.78 is 26.5. The van der Waals surface area contributed by atoms with E-state index >= 15 is 4.39 Å². The van der Waals surface area contributed by atoms with Crippen LogP contribution in [0, 0.1) is 5.82 Å². The molecule has 0 bridgehead atoms. The second kappa shape index (κ2) is 7.77. The number of fused-ring (bicyclic) bond motifs is 1. The zero-order chi connectivity index (χ0) is 21.6. The highest BCUT2D eigenvalue weighted by Crippen LogP contribution is 2.37. The van der Waals surface area contributed by atoms with Gasteiger partial charge in [-0.3, -0.25) is 9.59 Å². The van der Waals surface area contributed by atoms with Crippen molar-refractivity contribution in [3.63, 3.8) is 0 Å². The number of amides is 1. The van der Waals surface area contributed by atoms with E-state index in [0.717, 1.165) is 0 Å². The summed E-state index contributed by atoms with van der Waals surface area (Å²) in [4.78, 5) is 31.5. The van der Waals surface area contributed by atoms with Crippen LogP contribution in [-0.2, 0) is 4.74 Å². The van der Waals surface area contributed by atoms with Gasteiger partial charge in [-0.2, -0.15) is 0 Å². The number of anilines is 1. The average molecular weight is 432 g/mol. The first-order chi connectivity index (χ1) is 14.3. The summed E-state index contributed by atoms with van der Waals surface area (Å²) in [6.07, 6.45) is 0.427. The number of halogens is 1. The molecule has 2 atom stereocenters. The number of carbonyl (C=O) groups excluding carboxylic acids is 2. The van der Waals surface area contributed by atoms with E-state index in [9.17, 15) is 9.59 Å². The van der Waals surface area contributed by atoms with Crippen molar-refractivity contribution in [3.05, 3.63) is 28.5 Å². The van der Waals surface area contributed by atoms with Gasteiger partial charge in [0, 0.05) is 38.1 Å². The van der Waals surface area contributed by atoms with E-state index in [1.807, 2.05) is 13.8 Å². The predicted octanol–water partition coefficient (Wildman–Crippen LogP) is 3.22. The van der Waals surface area contributed by atoms with Crippen molar-refractivity contribution < 1.29 is 23.2 Å². The molecule has 0 saturated carbocycles. The van der Waals surface area contributed by atoms with Crippen LogP contribution in [0.15, 0.2) is 16.0 Å². The van der Waals surface area contributed by atoms with E-state index in [1.54, 1.807) is 30.4 Å². The third kappa shape index (κ3) is 3.46. The second-order valence-electron chi connectivity index (χ2n) is 7.55. The molecule has 1 saturated heterocycles. The van der Waals surface area contributed by atoms with E-state index < -0.39 is 5.82 Å². The van der Waals surface area contributed by atoms with Crippen molar-refractivity contribution in [2.75, 3.05) is 32.1 Å². The van der Waals surface area contributed by atoms with Crippen LogP contribution in [0.25, 0.3) is 21.7 Å². The van der Waals surface area contributed by atoms with Crippen LogP contribution in [0.3, 0.4) is 0 Å². The van der Waals surface area contributed by atoms with Crippen LogP contribution in [0.2, 0.25) is 0 Å². The van der Waals surface area contributed by atoms with Crippen molar-refractivity contribution in [2.45, 2.75) is 26.1 Å². The molecule has 1 aliphatic rings. The molecule has 1 amide bonds. The number of aromatic nitrogens is 2. The first-order valence-electron chi connectivity index (χ1n) is 9.45. The molecule has 0 radical (unpaired) electrons. The molecule has 0 spiro atoms. The Morgan fingerprint density at radius 2 is 2.03 bits per heavy atom. The highest BCUT2D eigenvalue weighted by Gasteiger charge is 2.30. The van der Waals surface area contributed by atoms with Gasteiger partial charge in [0.2, 0.25) is 5.58 Å². The molecule has 0 unspecified atom stereocenters. The number of thiazole rings is 1. The van der Waals surface area contributed by atoms with Crippen LogP contribution in [0.4, 0.5) is 10.1 Å². The first kappa shape index (κ1) is 20.4. The minimum Gasteiger partial charge on any atom is -0.372 e. The molecule has 3 aromatic rings. The highest BCUT2D eigenvalue weighted by molar-refractivity contribution is 7.13. The Labute approximate surface area is 176 Å². The summed E-state index contributed by atoms with van der Waals surface area (Å²) in [5.74, 6) is -0.890. The number of aldehydes is 1. The normalized spacial score (nSPS) is 19.3. The van der Waals surface area contributed by atoms with Crippen LogP contribution in [0.5, 0.6) is 0 Å². The fraction of sp³-hybridized carbons (Fsp3) is 0.400. The molecule has 10 heteroatoms. The molecule has 30 heavy (non-hydrogen) atoms. The fourth-order valence-corrected chi connectivity index (χ4v) is 4.47. The molecular weight excluding hydrogens is 411 g/mol. The Kier molecular flexibility index (Phi) is 5.29. The van der Waals surface area contributed by atoms with Crippen molar-refractivity contribution in [2.24, 2.45) is 0 Å². The molecule has 8 nitrogen and oxygen atoms in total. The molecule has 1 aliphatic heterocycles. The van der Waals surface area contributed by atoms with Gasteiger partial charge in [0.05, 0.1) is 23.3 Å². The number of benzene rings is 1. The van der Waals surface area contributed by atoms with Gasteiger partial charge < -0.3 is 19.1 Å². The van der Waals surface area contributed by atoms with Crippen LogP contribution in [0.1, 0.15) is 34.7 Å². The molecule has 158 valence electrons. The van der Waals surface area contributed by atoms with E-state index in [1.165, 1.54) is 16.2 Å². The monoisotopic (exact) mass is 432 g/mol. The van der Waals surface area contributed by atoms with Gasteiger partial charge in [-0.15, -0.1) is 11.3 Å². The minimum absolute atomic E-state index is 0.0481. The zero-order valence-electron chi connectivity index (χ0n) is 17.0. The number of hydrogen-bond acceptors (Lipinski definition) is 8. The number of nitrogens with zero attached hydrogens (tertiary/aromatic N) is 4. The molecular formula is C20H21FN4O4S. The van der Waals surface area contributed by atoms with Crippen molar-refractivity contribution in [3.8, 4) is 10.7 Å². The third-order valence-corrected chi connectivity index (χ3v) is 5.75. The summed E-state index contributed by atoms with van der Waals surface area (Å²) in [6.45, 7) is 4.72. The summed E-state index contributed by atoms with van der Waals surface area (Å²) in [5, 5.41) is 6.35. The molecule has 1 fully saturated rings. The minimum atomic E-state index is -0.643. The quantitative estimate of drug-likeness (QED) is 0.585. The Balaban J connectivity index is 1.80. The van der Waals surface area contributed by atoms with Crippen molar-refractivity contribution >= 4 is 40.2 Å². The number of carbonyl (C=O) groups is 2. The van der Waals surface area contributed by atoms with E-state index in [0.29, 0.717) is 35.5 Å². The largest absolute Gasteiger partial charge is 0.372 e. The molecule has 3 heterocycles. The highest BCUT2D eigenvalue weighted by atomic mass is 32.1. The second-order valence-corrected chi connectivity index (χ2v) is 8.41. The summed E-state index contributed by atoms with van der Waals surface area (Å²) in [7, 11) is 3.26. The third-order valence-electron chi connectivity index (χ3n) is 4.90. The molecule has 2 aromatic heterocycles. The van der Waals surface area contributed by atoms with Gasteiger partial charge in [-0.25, -0.2) is 9.37 Å². The van der Waals surface area contributed by atoms with E-state index in [2.05, 4.69) is 10.1 Å². The lowest BCUT2D eigenvalue weighted by Crippen LogP contribution is -2.46. The topological polar surface area (TPSA) is 88.8 Å². The van der Waals surface area contributed by atoms with Gasteiger partial charge in [0.1, 0.15) is 10.7 Å². The maximum Gasteiger partial charge on any atom is 0.272 e. The first-order valence-corrected chi connectivity index (χ1v) is 10.3. The lowest BCUT2D eigenvalue weighted by Gasteiger charge is -2.37. The lowest BCUT2D eigenvalue weighted by molar-refractivity contribution is -0.00543. The molecule has 0 N–H and O–H groups in total. The molecule has 4 rings (SSSR count). The average Bonchev–Trinajstić information content (AvgIpc) is 3.33. The summed E-state index contributed by atoms with van der Waals surface area (Å²) in [5.41, 5.74) is 0.898. The smallest absolute Gasteiger partial charge is 0.272 e.